The second kappa shape index (κ2) is 10.1. The minimum absolute atomic E-state index is 0.0450. The molecule has 5 heteroatoms. The van der Waals surface area contributed by atoms with Gasteiger partial charge in [-0.05, 0) is 6.42 Å². The van der Waals surface area contributed by atoms with Gasteiger partial charge in [-0.3, -0.25) is 15.0 Å². The number of unbranched alkanes of at least 4 members (excludes halogenated alkanes) is 5. The fourth-order valence-electron chi connectivity index (χ4n) is 1.62. The molecule has 0 heterocycles. The first-order valence-corrected chi connectivity index (χ1v) is 7.51. The molecule has 0 radical (unpaired) electrons. The molecular weight excluding hydrogens is 248 g/mol. The maximum Gasteiger partial charge on any atom is 0.232 e. The highest BCUT2D eigenvalue weighted by atomic mass is 32.2. The van der Waals surface area contributed by atoms with Crippen LogP contribution in [-0.4, -0.2) is 27.6 Å². The molecule has 0 saturated carbocycles. The lowest BCUT2D eigenvalue weighted by Gasteiger charge is -2.16. The molecule has 18 heavy (non-hydrogen) atoms. The highest BCUT2D eigenvalue weighted by molar-refractivity contribution is 8.13. The van der Waals surface area contributed by atoms with Crippen LogP contribution in [0.15, 0.2) is 0 Å². The van der Waals surface area contributed by atoms with Crippen molar-refractivity contribution in [2.24, 2.45) is 0 Å². The third kappa shape index (κ3) is 7.48. The van der Waals surface area contributed by atoms with E-state index in [0.717, 1.165) is 23.5 Å². The lowest BCUT2D eigenvalue weighted by Crippen LogP contribution is -2.36. The number of imide groups is 1. The van der Waals surface area contributed by atoms with Gasteiger partial charge in [-0.2, -0.15) is 0 Å². The van der Waals surface area contributed by atoms with Crippen molar-refractivity contribution >= 4 is 28.7 Å². The SMILES string of the molecule is CCCCCCCCSC(=N)N(C(C)=O)C(C)=O. The highest BCUT2D eigenvalue weighted by Crippen LogP contribution is 2.13. The molecule has 0 aliphatic carbocycles. The van der Waals surface area contributed by atoms with Gasteiger partial charge in [0.2, 0.25) is 11.8 Å². The van der Waals surface area contributed by atoms with Gasteiger partial charge in [0.25, 0.3) is 0 Å². The van der Waals surface area contributed by atoms with Crippen LogP contribution in [0.1, 0.15) is 59.3 Å². The largest absolute Gasteiger partial charge is 0.278 e. The number of amidine groups is 1. The van der Waals surface area contributed by atoms with E-state index in [1.54, 1.807) is 0 Å². The molecule has 0 bridgehead atoms. The number of carbonyl (C=O) groups is 2. The quantitative estimate of drug-likeness (QED) is 0.439. The first-order chi connectivity index (χ1) is 8.50. The van der Waals surface area contributed by atoms with Crippen LogP contribution < -0.4 is 0 Å². The van der Waals surface area contributed by atoms with Crippen LogP contribution in [0.3, 0.4) is 0 Å². The predicted molar refractivity (Wildman–Crippen MR) is 76.8 cm³/mol. The van der Waals surface area contributed by atoms with E-state index in [4.69, 9.17) is 5.41 Å². The van der Waals surface area contributed by atoms with Crippen molar-refractivity contribution in [2.75, 3.05) is 5.75 Å². The molecule has 0 saturated heterocycles. The summed E-state index contributed by atoms with van der Waals surface area (Å²) in [6, 6.07) is 0. The van der Waals surface area contributed by atoms with Gasteiger partial charge >= 0.3 is 0 Å². The van der Waals surface area contributed by atoms with E-state index in [-0.39, 0.29) is 17.0 Å². The Morgan fingerprint density at radius 1 is 1.00 bits per heavy atom. The summed E-state index contributed by atoms with van der Waals surface area (Å²) in [6.45, 7) is 4.80. The summed E-state index contributed by atoms with van der Waals surface area (Å²) in [7, 11) is 0. The van der Waals surface area contributed by atoms with Gasteiger partial charge in [0.05, 0.1) is 0 Å². The highest BCUT2D eigenvalue weighted by Gasteiger charge is 2.18. The van der Waals surface area contributed by atoms with Crippen LogP contribution in [0, 0.1) is 5.41 Å². The van der Waals surface area contributed by atoms with E-state index in [2.05, 4.69) is 6.92 Å². The smallest absolute Gasteiger partial charge is 0.232 e. The number of hydrogen-bond acceptors (Lipinski definition) is 4. The molecule has 1 N–H and O–H groups in total. The van der Waals surface area contributed by atoms with Crippen LogP contribution in [-0.2, 0) is 9.59 Å². The number of carbonyl (C=O) groups excluding carboxylic acids is 2. The van der Waals surface area contributed by atoms with Crippen LogP contribution in [0.4, 0.5) is 0 Å². The van der Waals surface area contributed by atoms with Gasteiger partial charge in [0.1, 0.15) is 0 Å². The summed E-state index contributed by atoms with van der Waals surface area (Å²) in [5.74, 6) is 0.0213. The van der Waals surface area contributed by atoms with Crippen molar-refractivity contribution in [2.45, 2.75) is 59.3 Å². The fourth-order valence-corrected chi connectivity index (χ4v) is 2.55. The molecule has 0 aliphatic heterocycles. The average Bonchev–Trinajstić information content (AvgIpc) is 2.26. The van der Waals surface area contributed by atoms with E-state index < -0.39 is 0 Å². The monoisotopic (exact) mass is 272 g/mol. The Labute approximate surface area is 114 Å². The molecule has 0 rings (SSSR count). The molecule has 0 atom stereocenters. The molecule has 104 valence electrons. The lowest BCUT2D eigenvalue weighted by atomic mass is 10.1. The van der Waals surface area contributed by atoms with Gasteiger partial charge in [-0.15, -0.1) is 0 Å². The standard InChI is InChI=1S/C13H24N2O2S/c1-4-5-6-7-8-9-10-18-13(14)15(11(2)16)12(3)17/h14H,4-10H2,1-3H3. The molecule has 0 fully saturated rings. The maximum atomic E-state index is 11.2. The zero-order valence-electron chi connectivity index (χ0n) is 11.6. The normalized spacial score (nSPS) is 10.2. The molecule has 0 aromatic heterocycles. The number of hydrogen-bond donors (Lipinski definition) is 1. The summed E-state index contributed by atoms with van der Waals surface area (Å²) >= 11 is 1.27. The topological polar surface area (TPSA) is 61.2 Å². The lowest BCUT2D eigenvalue weighted by molar-refractivity contribution is -0.136. The summed E-state index contributed by atoms with van der Waals surface area (Å²) in [6.07, 6.45) is 7.20. The number of nitrogens with zero attached hydrogens (tertiary/aromatic N) is 1. The maximum absolute atomic E-state index is 11.2. The summed E-state index contributed by atoms with van der Waals surface area (Å²) < 4.78 is 0. The Kier molecular flexibility index (Phi) is 9.64. The van der Waals surface area contributed by atoms with Gasteiger partial charge < -0.3 is 0 Å². The second-order valence-corrected chi connectivity index (χ2v) is 5.38. The van der Waals surface area contributed by atoms with Crippen LogP contribution in [0.2, 0.25) is 0 Å². The number of nitrogens with one attached hydrogen (secondary N) is 1. The van der Waals surface area contributed by atoms with E-state index in [1.165, 1.54) is 51.3 Å². The molecule has 0 unspecified atom stereocenters. The van der Waals surface area contributed by atoms with Gasteiger partial charge in [0, 0.05) is 19.6 Å². The first kappa shape index (κ1) is 17.2. The van der Waals surface area contributed by atoms with Gasteiger partial charge in [-0.1, -0.05) is 50.8 Å². The third-order valence-corrected chi connectivity index (χ3v) is 3.52. The van der Waals surface area contributed by atoms with Crippen molar-refractivity contribution in [1.29, 1.82) is 5.41 Å². The Hall–Kier alpha value is -0.840. The molecule has 0 spiro atoms. The Morgan fingerprint density at radius 3 is 2.00 bits per heavy atom. The third-order valence-electron chi connectivity index (χ3n) is 2.57. The molecule has 0 aliphatic rings. The van der Waals surface area contributed by atoms with Crippen LogP contribution >= 0.6 is 11.8 Å². The average molecular weight is 272 g/mol. The Bertz CT molecular complexity index is 279. The van der Waals surface area contributed by atoms with Crippen molar-refractivity contribution in [3.63, 3.8) is 0 Å². The summed E-state index contributed by atoms with van der Waals surface area (Å²) in [4.78, 5) is 23.3. The summed E-state index contributed by atoms with van der Waals surface area (Å²) in [5, 5.41) is 7.75. The van der Waals surface area contributed by atoms with Crippen molar-refractivity contribution in [3.05, 3.63) is 0 Å². The molecule has 0 aromatic rings. The van der Waals surface area contributed by atoms with E-state index in [0.29, 0.717) is 0 Å². The molecule has 4 nitrogen and oxygen atoms in total. The minimum atomic E-state index is -0.386. The Balaban J connectivity index is 3.75. The van der Waals surface area contributed by atoms with Crippen molar-refractivity contribution in [3.8, 4) is 0 Å². The van der Waals surface area contributed by atoms with Crippen molar-refractivity contribution < 1.29 is 9.59 Å². The molecular formula is C13H24N2O2S. The zero-order valence-corrected chi connectivity index (χ0v) is 12.4. The van der Waals surface area contributed by atoms with Crippen LogP contribution in [0.5, 0.6) is 0 Å². The first-order valence-electron chi connectivity index (χ1n) is 6.53. The Morgan fingerprint density at radius 2 is 1.50 bits per heavy atom. The van der Waals surface area contributed by atoms with E-state index >= 15 is 0 Å². The van der Waals surface area contributed by atoms with Crippen LogP contribution in [0.25, 0.3) is 0 Å². The minimum Gasteiger partial charge on any atom is -0.278 e. The molecule has 2 amide bonds. The van der Waals surface area contributed by atoms with Gasteiger partial charge in [0.15, 0.2) is 5.17 Å². The number of rotatable bonds is 7. The summed E-state index contributed by atoms with van der Waals surface area (Å²) in [5.41, 5.74) is 0. The number of thioether (sulfide) groups is 1. The van der Waals surface area contributed by atoms with Crippen molar-refractivity contribution in [1.82, 2.24) is 4.90 Å². The van der Waals surface area contributed by atoms with E-state index in [1.807, 2.05) is 0 Å². The molecule has 0 aromatic carbocycles. The van der Waals surface area contributed by atoms with Gasteiger partial charge in [-0.25, -0.2) is 4.90 Å². The second-order valence-electron chi connectivity index (χ2n) is 4.29. The predicted octanol–water partition coefficient (Wildman–Crippen LogP) is 3.41. The van der Waals surface area contributed by atoms with E-state index in [9.17, 15) is 9.59 Å². The zero-order chi connectivity index (χ0) is 14.0. The fraction of sp³-hybridized carbons (Fsp3) is 0.769. The number of amides is 2.